The summed E-state index contributed by atoms with van der Waals surface area (Å²) in [5.41, 5.74) is 7.14. The van der Waals surface area contributed by atoms with Gasteiger partial charge in [0.2, 0.25) is 5.91 Å². The van der Waals surface area contributed by atoms with Crippen LogP contribution >= 0.6 is 0 Å². The third kappa shape index (κ3) is 12.1. The van der Waals surface area contributed by atoms with Gasteiger partial charge < -0.3 is 30.4 Å². The van der Waals surface area contributed by atoms with E-state index in [0.29, 0.717) is 37.6 Å². The first-order chi connectivity index (χ1) is 15.6. The number of hydrogen-bond donors (Lipinski definition) is 3. The number of benzene rings is 1. The van der Waals surface area contributed by atoms with Crippen LogP contribution in [0.1, 0.15) is 44.6 Å². The number of hydrogen-bond acceptors (Lipinski definition) is 6. The number of aliphatic hydroxyl groups is 1. The van der Waals surface area contributed by atoms with Crippen molar-refractivity contribution in [3.63, 3.8) is 0 Å². The van der Waals surface area contributed by atoms with Crippen LogP contribution in [-0.4, -0.2) is 63.3 Å². The normalized spacial score (nSPS) is 14.4. The predicted molar refractivity (Wildman–Crippen MR) is 119 cm³/mol. The maximum Gasteiger partial charge on any atom is 0.389 e. The fraction of sp³-hybridized carbons (Fsp3) is 0.696. The summed E-state index contributed by atoms with van der Waals surface area (Å²) in [6, 6.07) is 5.10. The van der Waals surface area contributed by atoms with Gasteiger partial charge in [-0.3, -0.25) is 4.79 Å². The standard InChI is InChI=1S/C23H37F3N2O5/c1-4-16(13-18(27)19(29)15-28-22(30)8-9-23(24,25)26)12-17-6-7-20(32-3)21(14-17)33-11-5-10-31-2/h6-7,14,16,18-19,29H,4-5,8-13,15,27H2,1-3H3,(H,28,30)/t16-,18-,19-/m0/s1. The molecule has 0 aliphatic carbocycles. The first-order valence-corrected chi connectivity index (χ1v) is 11.1. The Morgan fingerprint density at radius 3 is 2.55 bits per heavy atom. The molecule has 0 radical (unpaired) electrons. The molecule has 0 bridgehead atoms. The molecule has 10 heteroatoms. The van der Waals surface area contributed by atoms with Crippen molar-refractivity contribution in [3.8, 4) is 11.5 Å². The van der Waals surface area contributed by atoms with Gasteiger partial charge in [0.25, 0.3) is 0 Å². The summed E-state index contributed by atoms with van der Waals surface area (Å²) in [4.78, 5) is 11.5. The number of aliphatic hydroxyl groups excluding tert-OH is 1. The van der Waals surface area contributed by atoms with E-state index in [1.165, 1.54) is 0 Å². The van der Waals surface area contributed by atoms with Crippen molar-refractivity contribution < 1.29 is 37.3 Å². The van der Waals surface area contributed by atoms with Gasteiger partial charge in [-0.1, -0.05) is 19.4 Å². The molecule has 0 spiro atoms. The van der Waals surface area contributed by atoms with Crippen molar-refractivity contribution in [1.82, 2.24) is 5.32 Å². The lowest BCUT2D eigenvalue weighted by Gasteiger charge is -2.24. The SMILES string of the molecule is CC[C@@H](Cc1ccc(OC)c(OCCCOC)c1)C[C@H](N)[C@@H](O)CNC(=O)CCC(F)(F)F. The summed E-state index contributed by atoms with van der Waals surface area (Å²) in [6.07, 6.45) is -4.55. The number of ether oxygens (including phenoxy) is 3. The van der Waals surface area contributed by atoms with E-state index in [1.807, 2.05) is 25.1 Å². The molecule has 1 aromatic rings. The van der Waals surface area contributed by atoms with Crippen LogP contribution in [0.5, 0.6) is 11.5 Å². The molecule has 0 aromatic heterocycles. The maximum absolute atomic E-state index is 12.2. The maximum atomic E-state index is 12.2. The molecule has 7 nitrogen and oxygen atoms in total. The highest BCUT2D eigenvalue weighted by Gasteiger charge is 2.28. The topological polar surface area (TPSA) is 103 Å². The van der Waals surface area contributed by atoms with Crippen molar-refractivity contribution >= 4 is 5.91 Å². The van der Waals surface area contributed by atoms with E-state index in [4.69, 9.17) is 19.9 Å². The number of nitrogens with one attached hydrogen (secondary N) is 1. The second-order valence-electron chi connectivity index (χ2n) is 8.04. The van der Waals surface area contributed by atoms with Gasteiger partial charge >= 0.3 is 6.18 Å². The van der Waals surface area contributed by atoms with Gasteiger partial charge in [-0.25, -0.2) is 0 Å². The van der Waals surface area contributed by atoms with Gasteiger partial charge in [-0.05, 0) is 36.5 Å². The lowest BCUT2D eigenvalue weighted by molar-refractivity contribution is -0.144. The third-order valence-corrected chi connectivity index (χ3v) is 5.32. The van der Waals surface area contributed by atoms with Gasteiger partial charge in [-0.15, -0.1) is 0 Å². The smallest absolute Gasteiger partial charge is 0.389 e. The van der Waals surface area contributed by atoms with Gasteiger partial charge in [0.05, 0.1) is 26.2 Å². The summed E-state index contributed by atoms with van der Waals surface area (Å²) in [5.74, 6) is 0.677. The minimum atomic E-state index is -4.39. The minimum Gasteiger partial charge on any atom is -0.493 e. The first kappa shape index (κ1) is 29.0. The van der Waals surface area contributed by atoms with E-state index in [2.05, 4.69) is 5.32 Å². The van der Waals surface area contributed by atoms with E-state index < -0.39 is 37.1 Å². The molecule has 1 aromatic carbocycles. The summed E-state index contributed by atoms with van der Waals surface area (Å²) < 4.78 is 52.8. The summed E-state index contributed by atoms with van der Waals surface area (Å²) in [5, 5.41) is 12.6. The van der Waals surface area contributed by atoms with Crippen LogP contribution in [-0.2, 0) is 16.0 Å². The fourth-order valence-electron chi connectivity index (χ4n) is 3.33. The molecule has 0 aliphatic rings. The Kier molecular flexibility index (Phi) is 13.2. The number of methoxy groups -OCH3 is 2. The molecular formula is C23H37F3N2O5. The lowest BCUT2D eigenvalue weighted by Crippen LogP contribution is -2.44. The number of halogens is 3. The molecule has 0 saturated carbocycles. The zero-order valence-corrected chi connectivity index (χ0v) is 19.6. The average molecular weight is 479 g/mol. The highest BCUT2D eigenvalue weighted by atomic mass is 19.4. The van der Waals surface area contributed by atoms with Crippen molar-refractivity contribution in [2.24, 2.45) is 11.7 Å². The summed E-state index contributed by atoms with van der Waals surface area (Å²) in [7, 11) is 3.21. The number of rotatable bonds is 16. The van der Waals surface area contributed by atoms with Crippen molar-refractivity contribution in [3.05, 3.63) is 23.8 Å². The third-order valence-electron chi connectivity index (χ3n) is 5.32. The minimum absolute atomic E-state index is 0.158. The molecule has 1 rings (SSSR count). The van der Waals surface area contributed by atoms with Crippen molar-refractivity contribution in [2.75, 3.05) is 34.0 Å². The zero-order valence-electron chi connectivity index (χ0n) is 19.6. The Hall–Kier alpha value is -2.04. The van der Waals surface area contributed by atoms with Crippen LogP contribution in [0.15, 0.2) is 18.2 Å². The van der Waals surface area contributed by atoms with E-state index in [-0.39, 0.29) is 12.5 Å². The molecule has 0 heterocycles. The van der Waals surface area contributed by atoms with Gasteiger partial charge in [0.15, 0.2) is 11.5 Å². The molecule has 0 aliphatic heterocycles. The van der Waals surface area contributed by atoms with Crippen LogP contribution < -0.4 is 20.5 Å². The second kappa shape index (κ2) is 15.0. The van der Waals surface area contributed by atoms with E-state index >= 15 is 0 Å². The monoisotopic (exact) mass is 478 g/mol. The summed E-state index contributed by atoms with van der Waals surface area (Å²) in [6.45, 7) is 2.93. The Balaban J connectivity index is 2.59. The largest absolute Gasteiger partial charge is 0.493 e. The van der Waals surface area contributed by atoms with Gasteiger partial charge in [-0.2, -0.15) is 13.2 Å². The van der Waals surface area contributed by atoms with Crippen LogP contribution in [0.3, 0.4) is 0 Å². The van der Waals surface area contributed by atoms with Crippen LogP contribution in [0.25, 0.3) is 0 Å². The van der Waals surface area contributed by atoms with Crippen LogP contribution in [0, 0.1) is 5.92 Å². The lowest BCUT2D eigenvalue weighted by atomic mass is 9.89. The Morgan fingerprint density at radius 1 is 1.21 bits per heavy atom. The highest BCUT2D eigenvalue weighted by Crippen LogP contribution is 2.30. The van der Waals surface area contributed by atoms with Crippen molar-refractivity contribution in [1.29, 1.82) is 0 Å². The Bertz CT molecular complexity index is 703. The molecular weight excluding hydrogens is 441 g/mol. The molecule has 190 valence electrons. The Labute approximate surface area is 193 Å². The summed E-state index contributed by atoms with van der Waals surface area (Å²) >= 11 is 0. The molecule has 1 amide bonds. The molecule has 0 unspecified atom stereocenters. The number of nitrogens with two attached hydrogens (primary N) is 1. The van der Waals surface area contributed by atoms with E-state index in [1.54, 1.807) is 14.2 Å². The van der Waals surface area contributed by atoms with E-state index in [9.17, 15) is 23.1 Å². The molecule has 0 fully saturated rings. The average Bonchev–Trinajstić information content (AvgIpc) is 2.78. The number of carbonyl (C=O) groups excluding carboxylic acids is 1. The van der Waals surface area contributed by atoms with Gasteiger partial charge in [0, 0.05) is 39.1 Å². The molecule has 3 atom stereocenters. The van der Waals surface area contributed by atoms with E-state index in [0.717, 1.165) is 18.4 Å². The zero-order chi connectivity index (χ0) is 24.9. The van der Waals surface area contributed by atoms with Gasteiger partial charge in [0.1, 0.15) is 0 Å². The number of amides is 1. The quantitative estimate of drug-likeness (QED) is 0.315. The number of alkyl halides is 3. The Morgan fingerprint density at radius 2 is 1.94 bits per heavy atom. The second-order valence-corrected chi connectivity index (χ2v) is 8.04. The highest BCUT2D eigenvalue weighted by molar-refractivity contribution is 5.75. The molecule has 33 heavy (non-hydrogen) atoms. The fourth-order valence-corrected chi connectivity index (χ4v) is 3.33. The van der Waals surface area contributed by atoms with Crippen LogP contribution in [0.2, 0.25) is 0 Å². The van der Waals surface area contributed by atoms with Crippen molar-refractivity contribution in [2.45, 2.75) is 63.8 Å². The predicted octanol–water partition coefficient (Wildman–Crippen LogP) is 3.22. The number of carbonyl (C=O) groups is 1. The first-order valence-electron chi connectivity index (χ1n) is 11.1. The van der Waals surface area contributed by atoms with Crippen LogP contribution in [0.4, 0.5) is 13.2 Å². The molecule has 0 saturated heterocycles. The molecule has 4 N–H and O–H groups in total.